The van der Waals surface area contributed by atoms with Crippen molar-refractivity contribution in [2.75, 3.05) is 0 Å². The normalized spacial score (nSPS) is 11.6. The van der Waals surface area contributed by atoms with E-state index in [0.717, 1.165) is 18.6 Å². The first-order valence-corrected chi connectivity index (χ1v) is 8.37. The van der Waals surface area contributed by atoms with Crippen molar-refractivity contribution in [2.45, 2.75) is 44.1 Å². The molecule has 0 saturated carbocycles. The first kappa shape index (κ1) is 16.1. The quantitative estimate of drug-likeness (QED) is 0.688. The molecule has 0 aliphatic heterocycles. The second-order valence-electron chi connectivity index (χ2n) is 6.34. The van der Waals surface area contributed by atoms with Crippen LogP contribution in [-0.2, 0) is 18.6 Å². The molecule has 0 fully saturated rings. The molecule has 2 aromatic carbocycles. The van der Waals surface area contributed by atoms with Crippen LogP contribution in [0.15, 0.2) is 48.5 Å². The summed E-state index contributed by atoms with van der Waals surface area (Å²) in [5.74, 6) is 0.890. The van der Waals surface area contributed by atoms with Crippen LogP contribution in [0.3, 0.4) is 0 Å². The SMILES string of the molecule is CC(C)(C)SCc1ccc(CCc2ccc(F)cc2)cc1. The number of hydrogen-bond donors (Lipinski definition) is 0. The van der Waals surface area contributed by atoms with E-state index in [2.05, 4.69) is 45.0 Å². The third-order valence-corrected chi connectivity index (χ3v) is 4.65. The van der Waals surface area contributed by atoms with Gasteiger partial charge in [0.2, 0.25) is 0 Å². The molecule has 2 rings (SSSR count). The summed E-state index contributed by atoms with van der Waals surface area (Å²) in [4.78, 5) is 0. The largest absolute Gasteiger partial charge is 0.207 e. The predicted octanol–water partition coefficient (Wildman–Crippen LogP) is 5.64. The number of hydrogen-bond acceptors (Lipinski definition) is 1. The van der Waals surface area contributed by atoms with Crippen LogP contribution >= 0.6 is 11.8 Å². The topological polar surface area (TPSA) is 0 Å². The van der Waals surface area contributed by atoms with E-state index in [0.29, 0.717) is 4.75 Å². The lowest BCUT2D eigenvalue weighted by atomic mass is 10.0. The van der Waals surface area contributed by atoms with Gasteiger partial charge in [-0.15, -0.1) is 0 Å². The molecule has 2 heteroatoms. The molecule has 0 spiro atoms. The molecule has 112 valence electrons. The lowest BCUT2D eigenvalue weighted by Crippen LogP contribution is -2.07. The Labute approximate surface area is 131 Å². The van der Waals surface area contributed by atoms with Gasteiger partial charge in [-0.1, -0.05) is 57.2 Å². The average molecular weight is 302 g/mol. The van der Waals surface area contributed by atoms with Gasteiger partial charge >= 0.3 is 0 Å². The van der Waals surface area contributed by atoms with Crippen molar-refractivity contribution in [2.24, 2.45) is 0 Å². The van der Waals surface area contributed by atoms with E-state index in [1.807, 2.05) is 23.9 Å². The first-order valence-electron chi connectivity index (χ1n) is 7.39. The van der Waals surface area contributed by atoms with E-state index in [1.165, 1.54) is 28.8 Å². The summed E-state index contributed by atoms with van der Waals surface area (Å²) in [6.45, 7) is 6.73. The van der Waals surface area contributed by atoms with Gasteiger partial charge in [-0.25, -0.2) is 4.39 Å². The van der Waals surface area contributed by atoms with E-state index in [4.69, 9.17) is 0 Å². The zero-order valence-electron chi connectivity index (χ0n) is 13.0. The Balaban J connectivity index is 1.86. The fraction of sp³-hybridized carbons (Fsp3) is 0.368. The Kier molecular flexibility index (Phi) is 5.46. The Morgan fingerprint density at radius 1 is 0.762 bits per heavy atom. The second-order valence-corrected chi connectivity index (χ2v) is 8.15. The van der Waals surface area contributed by atoms with Gasteiger partial charge in [0.15, 0.2) is 0 Å². The number of aryl methyl sites for hydroxylation is 2. The second kappa shape index (κ2) is 7.13. The van der Waals surface area contributed by atoms with Crippen molar-refractivity contribution in [3.63, 3.8) is 0 Å². The van der Waals surface area contributed by atoms with Crippen molar-refractivity contribution < 1.29 is 4.39 Å². The zero-order valence-corrected chi connectivity index (χ0v) is 13.8. The molecule has 2 aromatic rings. The molecule has 0 atom stereocenters. The maximum atomic E-state index is 12.8. The Morgan fingerprint density at radius 3 is 1.67 bits per heavy atom. The van der Waals surface area contributed by atoms with Gasteiger partial charge < -0.3 is 0 Å². The van der Waals surface area contributed by atoms with Crippen LogP contribution in [0.4, 0.5) is 4.39 Å². The molecule has 21 heavy (non-hydrogen) atoms. The fourth-order valence-corrected chi connectivity index (χ4v) is 2.83. The van der Waals surface area contributed by atoms with Crippen LogP contribution in [-0.4, -0.2) is 4.75 Å². The summed E-state index contributed by atoms with van der Waals surface area (Å²) in [5.41, 5.74) is 3.90. The molecule has 0 unspecified atom stereocenters. The smallest absolute Gasteiger partial charge is 0.123 e. The Bertz CT molecular complexity index is 550. The fourth-order valence-electron chi connectivity index (χ4n) is 2.04. The number of benzene rings is 2. The van der Waals surface area contributed by atoms with E-state index < -0.39 is 0 Å². The lowest BCUT2D eigenvalue weighted by Gasteiger charge is -2.17. The van der Waals surface area contributed by atoms with Gasteiger partial charge in [-0.05, 0) is 41.7 Å². The molecule has 0 nitrogen and oxygen atoms in total. The molecule has 0 saturated heterocycles. The Hall–Kier alpha value is -1.28. The van der Waals surface area contributed by atoms with Crippen LogP contribution in [0.2, 0.25) is 0 Å². The lowest BCUT2D eigenvalue weighted by molar-refractivity contribution is 0.627. The summed E-state index contributed by atoms with van der Waals surface area (Å²) in [6.07, 6.45) is 1.95. The molecule has 0 amide bonds. The van der Waals surface area contributed by atoms with Gasteiger partial charge in [-0.2, -0.15) is 11.8 Å². The minimum Gasteiger partial charge on any atom is -0.207 e. The average Bonchev–Trinajstić information content (AvgIpc) is 2.45. The standard InChI is InChI=1S/C19H23FS/c1-19(2,3)21-14-17-8-6-15(7-9-17)4-5-16-10-12-18(20)13-11-16/h6-13H,4-5,14H2,1-3H3. The molecule has 0 aromatic heterocycles. The molecule has 0 N–H and O–H groups in total. The minimum atomic E-state index is -0.167. The summed E-state index contributed by atoms with van der Waals surface area (Å²) in [6, 6.07) is 15.7. The molecule has 0 aliphatic carbocycles. The van der Waals surface area contributed by atoms with Crippen LogP contribution in [0.1, 0.15) is 37.5 Å². The highest BCUT2D eigenvalue weighted by Gasteiger charge is 2.10. The first-order chi connectivity index (χ1) is 9.92. The molecular formula is C19H23FS. The van der Waals surface area contributed by atoms with E-state index in [-0.39, 0.29) is 5.82 Å². The number of halogens is 1. The van der Waals surface area contributed by atoms with Crippen LogP contribution in [0.5, 0.6) is 0 Å². The zero-order chi connectivity index (χ0) is 15.3. The van der Waals surface area contributed by atoms with Crippen LogP contribution in [0, 0.1) is 5.82 Å². The predicted molar refractivity (Wildman–Crippen MR) is 91.3 cm³/mol. The highest BCUT2D eigenvalue weighted by atomic mass is 32.2. The molecular weight excluding hydrogens is 279 g/mol. The molecule has 0 bridgehead atoms. The van der Waals surface area contributed by atoms with E-state index >= 15 is 0 Å². The van der Waals surface area contributed by atoms with Gasteiger partial charge in [0.25, 0.3) is 0 Å². The molecule has 0 radical (unpaired) electrons. The van der Waals surface area contributed by atoms with Crippen LogP contribution < -0.4 is 0 Å². The highest BCUT2D eigenvalue weighted by molar-refractivity contribution is 7.99. The van der Waals surface area contributed by atoms with Crippen molar-refractivity contribution >= 4 is 11.8 Å². The van der Waals surface area contributed by atoms with Gasteiger partial charge in [0.05, 0.1) is 0 Å². The van der Waals surface area contributed by atoms with E-state index in [9.17, 15) is 4.39 Å². The Morgan fingerprint density at radius 2 is 1.19 bits per heavy atom. The third-order valence-electron chi connectivity index (χ3n) is 3.31. The summed E-state index contributed by atoms with van der Waals surface area (Å²) < 4.78 is 13.2. The van der Waals surface area contributed by atoms with Crippen molar-refractivity contribution in [1.29, 1.82) is 0 Å². The van der Waals surface area contributed by atoms with Crippen molar-refractivity contribution in [3.8, 4) is 0 Å². The van der Waals surface area contributed by atoms with Crippen molar-refractivity contribution in [3.05, 3.63) is 71.0 Å². The maximum absolute atomic E-state index is 12.8. The maximum Gasteiger partial charge on any atom is 0.123 e. The summed E-state index contributed by atoms with van der Waals surface area (Å²) in [5, 5.41) is 0. The summed E-state index contributed by atoms with van der Waals surface area (Å²) >= 11 is 1.97. The van der Waals surface area contributed by atoms with Crippen LogP contribution in [0.25, 0.3) is 0 Å². The molecule has 0 aliphatic rings. The summed E-state index contributed by atoms with van der Waals surface area (Å²) in [7, 11) is 0. The van der Waals surface area contributed by atoms with Crippen molar-refractivity contribution in [1.82, 2.24) is 0 Å². The minimum absolute atomic E-state index is 0.167. The monoisotopic (exact) mass is 302 g/mol. The van der Waals surface area contributed by atoms with Gasteiger partial charge in [-0.3, -0.25) is 0 Å². The van der Waals surface area contributed by atoms with Gasteiger partial charge in [0, 0.05) is 10.5 Å². The number of thioether (sulfide) groups is 1. The third kappa shape index (κ3) is 5.92. The highest BCUT2D eigenvalue weighted by Crippen LogP contribution is 2.27. The molecule has 0 heterocycles. The number of rotatable bonds is 5. The van der Waals surface area contributed by atoms with Gasteiger partial charge in [0.1, 0.15) is 5.82 Å². The van der Waals surface area contributed by atoms with E-state index in [1.54, 1.807) is 0 Å².